The number of aliphatic hydroxyl groups excluding tert-OH is 1. The van der Waals surface area contributed by atoms with E-state index < -0.39 is 0 Å². The van der Waals surface area contributed by atoms with Crippen LogP contribution in [0.4, 0.5) is 0 Å². The number of piperazine rings is 1. The average Bonchev–Trinajstić information content (AvgIpc) is 2.94. The van der Waals surface area contributed by atoms with E-state index in [2.05, 4.69) is 20.9 Å². The standard InChI is InChI=1S/C19H28N4O2/c1-14(2)18(25)22-9-16-6-17(24)10-23(16)19(13-22)11-21(12-19)8-15-4-3-5-20-7-15/h3-5,7,14,16-17,24H,6,8-13H2,1-2H3/t16-,17-/m1/s1. The monoisotopic (exact) mass is 344 g/mol. The number of likely N-dealkylation sites (tertiary alicyclic amines) is 1. The molecule has 6 nitrogen and oxygen atoms in total. The van der Waals surface area contributed by atoms with E-state index in [0.29, 0.717) is 6.04 Å². The first-order valence-corrected chi connectivity index (χ1v) is 9.32. The van der Waals surface area contributed by atoms with Crippen LogP contribution in [0.3, 0.4) is 0 Å². The number of rotatable bonds is 3. The predicted molar refractivity (Wildman–Crippen MR) is 94.8 cm³/mol. The molecule has 3 fully saturated rings. The number of amides is 1. The van der Waals surface area contributed by atoms with E-state index in [0.717, 1.165) is 45.7 Å². The molecular weight excluding hydrogens is 316 g/mol. The molecule has 0 radical (unpaired) electrons. The Morgan fingerprint density at radius 2 is 2.16 bits per heavy atom. The van der Waals surface area contributed by atoms with Crippen molar-refractivity contribution in [2.45, 2.75) is 44.5 Å². The molecule has 3 aliphatic heterocycles. The van der Waals surface area contributed by atoms with Crippen LogP contribution >= 0.6 is 0 Å². The predicted octanol–water partition coefficient (Wildman–Crippen LogP) is 0.569. The van der Waals surface area contributed by atoms with Crippen LogP contribution in [0.25, 0.3) is 0 Å². The van der Waals surface area contributed by atoms with Crippen LogP contribution in [0.15, 0.2) is 24.5 Å². The minimum Gasteiger partial charge on any atom is -0.392 e. The van der Waals surface area contributed by atoms with Crippen molar-refractivity contribution in [3.8, 4) is 0 Å². The molecule has 1 spiro atoms. The van der Waals surface area contributed by atoms with Gasteiger partial charge in [0.2, 0.25) is 5.91 Å². The van der Waals surface area contributed by atoms with Crippen LogP contribution in [-0.2, 0) is 11.3 Å². The number of hydrogen-bond donors (Lipinski definition) is 1. The van der Waals surface area contributed by atoms with Crippen LogP contribution in [-0.4, -0.2) is 81.1 Å². The van der Waals surface area contributed by atoms with Gasteiger partial charge in [0.25, 0.3) is 0 Å². The van der Waals surface area contributed by atoms with Crippen molar-refractivity contribution >= 4 is 5.91 Å². The summed E-state index contributed by atoms with van der Waals surface area (Å²) in [6, 6.07) is 4.38. The Bertz CT molecular complexity index is 630. The molecule has 0 bridgehead atoms. The fourth-order valence-corrected chi connectivity index (χ4v) is 4.87. The minimum atomic E-state index is -0.261. The Balaban J connectivity index is 1.48. The molecule has 4 heterocycles. The number of aliphatic hydroxyl groups is 1. The minimum absolute atomic E-state index is 0.00710. The molecule has 4 rings (SSSR count). The summed E-state index contributed by atoms with van der Waals surface area (Å²) in [7, 11) is 0. The van der Waals surface area contributed by atoms with Gasteiger partial charge in [-0.1, -0.05) is 19.9 Å². The number of nitrogens with zero attached hydrogens (tertiary/aromatic N) is 4. The van der Waals surface area contributed by atoms with Crippen LogP contribution in [0, 0.1) is 5.92 Å². The van der Waals surface area contributed by atoms with Crippen molar-refractivity contribution in [2.24, 2.45) is 5.92 Å². The second-order valence-corrected chi connectivity index (χ2v) is 8.30. The van der Waals surface area contributed by atoms with Gasteiger partial charge >= 0.3 is 0 Å². The van der Waals surface area contributed by atoms with Crippen molar-refractivity contribution < 1.29 is 9.90 Å². The zero-order chi connectivity index (χ0) is 17.6. The van der Waals surface area contributed by atoms with E-state index in [-0.39, 0.29) is 23.5 Å². The highest BCUT2D eigenvalue weighted by Crippen LogP contribution is 2.39. The first-order chi connectivity index (χ1) is 12.0. The Kier molecular flexibility index (Phi) is 4.30. The number of pyridine rings is 1. The molecule has 0 saturated carbocycles. The molecule has 3 aliphatic rings. The van der Waals surface area contributed by atoms with E-state index >= 15 is 0 Å². The fourth-order valence-electron chi connectivity index (χ4n) is 4.87. The van der Waals surface area contributed by atoms with Crippen LogP contribution in [0.1, 0.15) is 25.8 Å². The normalized spacial score (nSPS) is 29.0. The lowest BCUT2D eigenvalue weighted by Crippen LogP contribution is -2.78. The maximum absolute atomic E-state index is 12.6. The molecule has 0 aliphatic carbocycles. The summed E-state index contributed by atoms with van der Waals surface area (Å²) in [4.78, 5) is 23.7. The van der Waals surface area contributed by atoms with E-state index in [1.807, 2.05) is 31.0 Å². The van der Waals surface area contributed by atoms with Gasteiger partial charge in [-0.2, -0.15) is 0 Å². The maximum Gasteiger partial charge on any atom is 0.225 e. The third kappa shape index (κ3) is 3.07. The Hall–Kier alpha value is -1.50. The topological polar surface area (TPSA) is 59.9 Å². The molecule has 2 atom stereocenters. The SMILES string of the molecule is CC(C)C(=O)N1C[C@H]2C[C@@H](O)CN2C2(CN(Cc3cccnc3)C2)C1. The quantitative estimate of drug-likeness (QED) is 0.869. The smallest absolute Gasteiger partial charge is 0.225 e. The second kappa shape index (κ2) is 6.34. The molecule has 0 unspecified atom stereocenters. The van der Waals surface area contributed by atoms with Crippen molar-refractivity contribution in [1.82, 2.24) is 19.7 Å². The van der Waals surface area contributed by atoms with Gasteiger partial charge in [-0.25, -0.2) is 0 Å². The molecule has 6 heteroatoms. The highest BCUT2D eigenvalue weighted by Gasteiger charge is 2.56. The van der Waals surface area contributed by atoms with Crippen LogP contribution < -0.4 is 0 Å². The lowest BCUT2D eigenvalue weighted by atomic mass is 9.83. The first-order valence-electron chi connectivity index (χ1n) is 9.32. The maximum atomic E-state index is 12.6. The molecule has 1 N–H and O–H groups in total. The van der Waals surface area contributed by atoms with Crippen molar-refractivity contribution in [3.05, 3.63) is 30.1 Å². The fraction of sp³-hybridized carbons (Fsp3) is 0.684. The molecule has 136 valence electrons. The zero-order valence-electron chi connectivity index (χ0n) is 15.1. The Labute approximate surface area is 149 Å². The highest BCUT2D eigenvalue weighted by atomic mass is 16.3. The highest BCUT2D eigenvalue weighted by molar-refractivity contribution is 5.78. The van der Waals surface area contributed by atoms with Crippen LogP contribution in [0.2, 0.25) is 0 Å². The molecular formula is C19H28N4O2. The van der Waals surface area contributed by atoms with E-state index in [4.69, 9.17) is 0 Å². The number of carbonyl (C=O) groups is 1. The van der Waals surface area contributed by atoms with Gasteiger partial charge in [-0.3, -0.25) is 19.6 Å². The van der Waals surface area contributed by atoms with Gasteiger partial charge in [0.15, 0.2) is 0 Å². The summed E-state index contributed by atoms with van der Waals surface area (Å²) in [5.74, 6) is 0.271. The first kappa shape index (κ1) is 16.9. The lowest BCUT2D eigenvalue weighted by molar-refractivity contribution is -0.153. The second-order valence-electron chi connectivity index (χ2n) is 8.30. The average molecular weight is 344 g/mol. The molecule has 1 aromatic rings. The van der Waals surface area contributed by atoms with Gasteiger partial charge in [0, 0.05) is 63.6 Å². The largest absolute Gasteiger partial charge is 0.392 e. The van der Waals surface area contributed by atoms with E-state index in [9.17, 15) is 9.90 Å². The Morgan fingerprint density at radius 1 is 1.36 bits per heavy atom. The summed E-state index contributed by atoms with van der Waals surface area (Å²) >= 11 is 0. The van der Waals surface area contributed by atoms with E-state index in [1.165, 1.54) is 5.56 Å². The molecule has 25 heavy (non-hydrogen) atoms. The number of aromatic nitrogens is 1. The van der Waals surface area contributed by atoms with Gasteiger partial charge in [-0.05, 0) is 18.1 Å². The number of β-amino-alcohol motifs (C(OH)–C–C–N with tert-alkyl or cyclic N) is 1. The molecule has 0 aromatic carbocycles. The van der Waals surface area contributed by atoms with Gasteiger partial charge in [0.05, 0.1) is 11.6 Å². The third-order valence-corrected chi connectivity index (χ3v) is 5.89. The third-order valence-electron chi connectivity index (χ3n) is 5.89. The molecule has 1 amide bonds. The van der Waals surface area contributed by atoms with Gasteiger partial charge in [0.1, 0.15) is 0 Å². The van der Waals surface area contributed by atoms with Crippen molar-refractivity contribution in [3.63, 3.8) is 0 Å². The summed E-state index contributed by atoms with van der Waals surface area (Å²) in [6.07, 6.45) is 4.24. The van der Waals surface area contributed by atoms with Gasteiger partial charge < -0.3 is 10.0 Å². The summed E-state index contributed by atoms with van der Waals surface area (Å²) < 4.78 is 0. The Morgan fingerprint density at radius 3 is 2.84 bits per heavy atom. The number of fused-ring (bicyclic) bond motifs is 2. The lowest BCUT2D eigenvalue weighted by Gasteiger charge is -2.61. The number of hydrogen-bond acceptors (Lipinski definition) is 5. The molecule has 1 aromatic heterocycles. The molecule has 3 saturated heterocycles. The summed E-state index contributed by atoms with van der Waals surface area (Å²) in [5.41, 5.74) is 1.23. The summed E-state index contributed by atoms with van der Waals surface area (Å²) in [5, 5.41) is 10.2. The van der Waals surface area contributed by atoms with Crippen molar-refractivity contribution in [2.75, 3.05) is 32.7 Å². The van der Waals surface area contributed by atoms with Crippen molar-refractivity contribution in [1.29, 1.82) is 0 Å². The van der Waals surface area contributed by atoms with E-state index in [1.54, 1.807) is 6.20 Å². The summed E-state index contributed by atoms with van der Waals surface area (Å²) in [6.45, 7) is 9.04. The zero-order valence-corrected chi connectivity index (χ0v) is 15.1. The van der Waals surface area contributed by atoms with Crippen LogP contribution in [0.5, 0.6) is 0 Å². The van der Waals surface area contributed by atoms with Gasteiger partial charge in [-0.15, -0.1) is 0 Å². The number of carbonyl (C=O) groups excluding carboxylic acids is 1.